The number of aryl methyl sites for hydroxylation is 1. The smallest absolute Gasteiger partial charge is 0.200 e. The summed E-state index contributed by atoms with van der Waals surface area (Å²) in [4.78, 5) is 26.5. The van der Waals surface area contributed by atoms with Gasteiger partial charge in [-0.3, -0.25) is 9.59 Å². The zero-order valence-corrected chi connectivity index (χ0v) is 17.7. The molecule has 0 fully saturated rings. The largest absolute Gasteiger partial charge is 0.493 e. The first-order chi connectivity index (χ1) is 15.0. The minimum absolute atomic E-state index is 0.124. The minimum atomic E-state index is -0.352. The summed E-state index contributed by atoms with van der Waals surface area (Å²) in [6, 6.07) is 20.5. The second kappa shape index (κ2) is 8.48. The van der Waals surface area contributed by atoms with Gasteiger partial charge in [0.25, 0.3) is 0 Å². The van der Waals surface area contributed by atoms with E-state index in [1.54, 1.807) is 30.5 Å². The molecule has 1 heterocycles. The van der Waals surface area contributed by atoms with Gasteiger partial charge in [0.1, 0.15) is 0 Å². The Morgan fingerprint density at radius 3 is 2.42 bits per heavy atom. The van der Waals surface area contributed by atoms with Gasteiger partial charge in [-0.1, -0.05) is 42.0 Å². The highest BCUT2D eigenvalue weighted by Crippen LogP contribution is 2.28. The molecule has 0 aliphatic heterocycles. The quantitative estimate of drug-likeness (QED) is 0.433. The van der Waals surface area contributed by atoms with E-state index < -0.39 is 0 Å². The molecule has 0 saturated heterocycles. The third kappa shape index (κ3) is 3.94. The van der Waals surface area contributed by atoms with Crippen LogP contribution in [0.15, 0.2) is 77.7 Å². The normalized spacial score (nSPS) is 10.8. The molecule has 0 bridgehead atoms. The zero-order valence-electron chi connectivity index (χ0n) is 17.7. The molecule has 31 heavy (non-hydrogen) atoms. The average molecular weight is 413 g/mol. The number of methoxy groups -OCH3 is 2. The number of ketones is 1. The van der Waals surface area contributed by atoms with Crippen LogP contribution in [0, 0.1) is 6.92 Å². The fourth-order valence-electron chi connectivity index (χ4n) is 3.78. The van der Waals surface area contributed by atoms with Crippen molar-refractivity contribution in [2.24, 2.45) is 0 Å². The number of ether oxygens (including phenoxy) is 2. The number of para-hydroxylation sites is 1. The fourth-order valence-corrected chi connectivity index (χ4v) is 3.78. The Morgan fingerprint density at radius 2 is 1.68 bits per heavy atom. The molecular formula is C26H23NO4. The van der Waals surface area contributed by atoms with Gasteiger partial charge in [-0.15, -0.1) is 0 Å². The molecule has 0 atom stereocenters. The van der Waals surface area contributed by atoms with Gasteiger partial charge in [-0.2, -0.15) is 0 Å². The van der Waals surface area contributed by atoms with Crippen molar-refractivity contribution in [3.05, 3.63) is 105 Å². The Kier molecular flexibility index (Phi) is 5.58. The van der Waals surface area contributed by atoms with Crippen molar-refractivity contribution in [3.8, 4) is 11.5 Å². The van der Waals surface area contributed by atoms with Gasteiger partial charge in [-0.25, -0.2) is 0 Å². The lowest BCUT2D eigenvalue weighted by Crippen LogP contribution is -2.20. The second-order valence-corrected chi connectivity index (χ2v) is 7.40. The van der Waals surface area contributed by atoms with Crippen molar-refractivity contribution < 1.29 is 14.3 Å². The first kappa shape index (κ1) is 20.4. The fraction of sp³-hybridized carbons (Fsp3) is 0.154. The maximum atomic E-state index is 13.3. The van der Waals surface area contributed by atoms with Crippen LogP contribution in [0.25, 0.3) is 10.9 Å². The Balaban J connectivity index is 1.85. The van der Waals surface area contributed by atoms with E-state index in [4.69, 9.17) is 9.47 Å². The molecule has 0 saturated carbocycles. The van der Waals surface area contributed by atoms with Crippen LogP contribution >= 0.6 is 0 Å². The van der Waals surface area contributed by atoms with Gasteiger partial charge < -0.3 is 14.0 Å². The molecule has 0 unspecified atom stereocenters. The van der Waals surface area contributed by atoms with Crippen molar-refractivity contribution in [1.29, 1.82) is 0 Å². The number of aromatic nitrogens is 1. The molecule has 0 N–H and O–H groups in total. The summed E-state index contributed by atoms with van der Waals surface area (Å²) in [5.74, 6) is 0.610. The standard InChI is InChI=1S/C26H23NO4/c1-17-7-6-8-18(13-17)15-27-16-21(26(29)20-9-4-5-10-22(20)27)25(28)19-11-12-23(30-2)24(14-19)31-3/h4-14,16H,15H2,1-3H3. The first-order valence-electron chi connectivity index (χ1n) is 9.96. The molecule has 5 nitrogen and oxygen atoms in total. The van der Waals surface area contributed by atoms with E-state index in [0.29, 0.717) is 29.0 Å². The third-order valence-corrected chi connectivity index (χ3v) is 5.31. The van der Waals surface area contributed by atoms with Crippen molar-refractivity contribution in [2.45, 2.75) is 13.5 Å². The van der Waals surface area contributed by atoms with Gasteiger partial charge in [0.2, 0.25) is 5.43 Å². The van der Waals surface area contributed by atoms with Crippen LogP contribution in [0.1, 0.15) is 27.0 Å². The SMILES string of the molecule is COc1ccc(C(=O)c2cn(Cc3cccc(C)c3)c3ccccc3c2=O)cc1OC. The predicted molar refractivity (Wildman–Crippen MR) is 121 cm³/mol. The van der Waals surface area contributed by atoms with Crippen LogP contribution < -0.4 is 14.9 Å². The molecule has 0 aliphatic rings. The number of pyridine rings is 1. The molecule has 0 aliphatic carbocycles. The molecule has 3 aromatic carbocycles. The molecule has 4 rings (SSSR count). The lowest BCUT2D eigenvalue weighted by atomic mass is 10.0. The van der Waals surface area contributed by atoms with E-state index in [0.717, 1.165) is 16.6 Å². The maximum Gasteiger partial charge on any atom is 0.200 e. The highest BCUT2D eigenvalue weighted by molar-refractivity contribution is 6.10. The number of hydrogen-bond donors (Lipinski definition) is 0. The monoisotopic (exact) mass is 413 g/mol. The maximum absolute atomic E-state index is 13.3. The van der Waals surface area contributed by atoms with E-state index >= 15 is 0 Å². The Labute approximate surface area is 180 Å². The Hall–Kier alpha value is -3.86. The molecule has 0 radical (unpaired) electrons. The van der Waals surface area contributed by atoms with Crippen LogP contribution in [-0.2, 0) is 6.54 Å². The van der Waals surface area contributed by atoms with E-state index in [9.17, 15) is 9.59 Å². The molecule has 0 amide bonds. The summed E-state index contributed by atoms with van der Waals surface area (Å²) in [7, 11) is 3.05. The lowest BCUT2D eigenvalue weighted by Gasteiger charge is -2.14. The number of hydrogen-bond acceptors (Lipinski definition) is 4. The lowest BCUT2D eigenvalue weighted by molar-refractivity contribution is 0.103. The molecule has 0 spiro atoms. The second-order valence-electron chi connectivity index (χ2n) is 7.40. The molecule has 156 valence electrons. The van der Waals surface area contributed by atoms with Gasteiger partial charge in [-0.05, 0) is 42.8 Å². The predicted octanol–water partition coefficient (Wildman–Crippen LogP) is 4.61. The van der Waals surface area contributed by atoms with Crippen molar-refractivity contribution >= 4 is 16.7 Å². The van der Waals surface area contributed by atoms with Crippen LogP contribution in [0.4, 0.5) is 0 Å². The van der Waals surface area contributed by atoms with Crippen LogP contribution in [0.3, 0.4) is 0 Å². The highest BCUT2D eigenvalue weighted by Gasteiger charge is 2.19. The molecule has 5 heteroatoms. The summed E-state index contributed by atoms with van der Waals surface area (Å²) in [5, 5.41) is 0.515. The summed E-state index contributed by atoms with van der Waals surface area (Å²) >= 11 is 0. The van der Waals surface area contributed by atoms with Gasteiger partial charge in [0, 0.05) is 23.7 Å². The summed E-state index contributed by atoms with van der Waals surface area (Å²) < 4.78 is 12.5. The van der Waals surface area contributed by atoms with Gasteiger partial charge in [0.05, 0.1) is 25.3 Å². The van der Waals surface area contributed by atoms with Crippen LogP contribution in [-0.4, -0.2) is 24.6 Å². The average Bonchev–Trinajstić information content (AvgIpc) is 2.80. The summed E-state index contributed by atoms with van der Waals surface area (Å²) in [5.41, 5.74) is 3.25. The summed E-state index contributed by atoms with van der Waals surface area (Å²) in [6.45, 7) is 2.59. The zero-order chi connectivity index (χ0) is 22.0. The number of benzene rings is 3. The van der Waals surface area contributed by atoms with Crippen molar-refractivity contribution in [3.63, 3.8) is 0 Å². The number of carbonyl (C=O) groups excluding carboxylic acids is 1. The molecule has 1 aromatic heterocycles. The third-order valence-electron chi connectivity index (χ3n) is 5.31. The molecular weight excluding hydrogens is 390 g/mol. The van der Waals surface area contributed by atoms with Crippen molar-refractivity contribution in [1.82, 2.24) is 4.57 Å². The number of carbonyl (C=O) groups is 1. The van der Waals surface area contributed by atoms with Crippen LogP contribution in [0.2, 0.25) is 0 Å². The van der Waals surface area contributed by atoms with E-state index in [1.807, 2.05) is 47.9 Å². The highest BCUT2D eigenvalue weighted by atomic mass is 16.5. The topological polar surface area (TPSA) is 57.5 Å². The van der Waals surface area contributed by atoms with Crippen LogP contribution in [0.5, 0.6) is 11.5 Å². The Bertz CT molecular complexity index is 1340. The number of rotatable bonds is 6. The van der Waals surface area contributed by atoms with Gasteiger partial charge >= 0.3 is 0 Å². The van der Waals surface area contributed by atoms with Crippen molar-refractivity contribution in [2.75, 3.05) is 14.2 Å². The first-order valence-corrected chi connectivity index (χ1v) is 9.96. The Morgan fingerprint density at radius 1 is 0.903 bits per heavy atom. The summed E-state index contributed by atoms with van der Waals surface area (Å²) in [6.07, 6.45) is 1.66. The number of nitrogens with zero attached hydrogens (tertiary/aromatic N) is 1. The minimum Gasteiger partial charge on any atom is -0.493 e. The van der Waals surface area contributed by atoms with E-state index in [1.165, 1.54) is 14.2 Å². The number of fused-ring (bicyclic) bond motifs is 1. The van der Waals surface area contributed by atoms with E-state index in [2.05, 4.69) is 6.07 Å². The van der Waals surface area contributed by atoms with Gasteiger partial charge in [0.15, 0.2) is 17.3 Å². The van der Waals surface area contributed by atoms with E-state index in [-0.39, 0.29) is 16.8 Å². The molecule has 4 aromatic rings.